The van der Waals surface area contributed by atoms with Gasteiger partial charge in [-0.1, -0.05) is 103 Å². The molecule has 4 aromatic heterocycles. The van der Waals surface area contributed by atoms with Gasteiger partial charge in [0.05, 0.1) is 33.1 Å². The zero-order valence-electron chi connectivity index (χ0n) is 31.3. The van der Waals surface area contributed by atoms with Crippen LogP contribution >= 0.6 is 11.3 Å². The average Bonchev–Trinajstić information content (AvgIpc) is 4.02. The maximum absolute atomic E-state index is 2.43. The number of hydrogen-bond donors (Lipinski definition) is 0. The molecule has 13 aromatic rings. The molecule has 0 saturated carbocycles. The van der Waals surface area contributed by atoms with E-state index in [0.717, 1.165) is 11.4 Å². The van der Waals surface area contributed by atoms with E-state index in [1.807, 2.05) is 11.3 Å². The van der Waals surface area contributed by atoms with E-state index in [9.17, 15) is 0 Å². The van der Waals surface area contributed by atoms with E-state index in [4.69, 9.17) is 0 Å². The third kappa shape index (κ3) is 4.49. The first-order chi connectivity index (χ1) is 28.8. The van der Waals surface area contributed by atoms with Crippen LogP contribution in [0.3, 0.4) is 0 Å². The molecule has 0 aliphatic carbocycles. The summed E-state index contributed by atoms with van der Waals surface area (Å²) in [6.45, 7) is 0. The Morgan fingerprint density at radius 1 is 0.241 bits per heavy atom. The van der Waals surface area contributed by atoms with Gasteiger partial charge in [0, 0.05) is 69.6 Å². The highest BCUT2D eigenvalue weighted by atomic mass is 32.1. The minimum absolute atomic E-state index is 1.14. The first kappa shape index (κ1) is 31.8. The molecule has 0 aliphatic heterocycles. The van der Waals surface area contributed by atoms with Crippen LogP contribution in [-0.2, 0) is 0 Å². The van der Waals surface area contributed by atoms with E-state index in [2.05, 4.69) is 214 Å². The Morgan fingerprint density at radius 3 is 1.10 bits per heavy atom. The van der Waals surface area contributed by atoms with Gasteiger partial charge in [-0.25, -0.2) is 0 Å². The maximum Gasteiger partial charge on any atom is 0.0541 e. The van der Waals surface area contributed by atoms with Crippen LogP contribution < -0.4 is 0 Å². The van der Waals surface area contributed by atoms with Gasteiger partial charge >= 0.3 is 0 Å². The van der Waals surface area contributed by atoms with Gasteiger partial charge in [-0.15, -0.1) is 11.3 Å². The SMILES string of the molecule is c1ccc2c(c1)sc1ccc(-n3c4ccccc4c4cc(-c5ccc6c(c5)c5ccccc5n6-c5ccc(-n6c7ccccc7c7ccccc76)cc5)ccc43)cc12. The predicted molar refractivity (Wildman–Crippen MR) is 248 cm³/mol. The minimum Gasteiger partial charge on any atom is -0.309 e. The Morgan fingerprint density at radius 2 is 0.603 bits per heavy atom. The average molecular weight is 756 g/mol. The van der Waals surface area contributed by atoms with Gasteiger partial charge < -0.3 is 13.7 Å². The summed E-state index contributed by atoms with van der Waals surface area (Å²) in [5.74, 6) is 0. The number of fused-ring (bicyclic) bond motifs is 12. The number of rotatable bonds is 4. The highest BCUT2D eigenvalue weighted by Crippen LogP contribution is 2.41. The van der Waals surface area contributed by atoms with Crippen molar-refractivity contribution in [1.29, 1.82) is 0 Å². The number of thiophene rings is 1. The van der Waals surface area contributed by atoms with Crippen LogP contribution in [0.25, 0.3) is 114 Å². The molecule has 4 heterocycles. The Labute approximate surface area is 337 Å². The lowest BCUT2D eigenvalue weighted by molar-refractivity contribution is 1.14. The lowest BCUT2D eigenvalue weighted by Gasteiger charge is -2.12. The smallest absolute Gasteiger partial charge is 0.0541 e. The first-order valence-corrected chi connectivity index (χ1v) is 20.7. The molecule has 0 spiro atoms. The van der Waals surface area contributed by atoms with Crippen molar-refractivity contribution in [3.05, 3.63) is 200 Å². The molecule has 0 saturated heterocycles. The van der Waals surface area contributed by atoms with Crippen molar-refractivity contribution in [2.24, 2.45) is 0 Å². The molecule has 0 bridgehead atoms. The van der Waals surface area contributed by atoms with Crippen molar-refractivity contribution in [3.63, 3.8) is 0 Å². The van der Waals surface area contributed by atoms with Gasteiger partial charge in [-0.3, -0.25) is 0 Å². The van der Waals surface area contributed by atoms with Crippen LogP contribution in [0.2, 0.25) is 0 Å². The third-order valence-electron chi connectivity index (χ3n) is 12.2. The van der Waals surface area contributed by atoms with E-state index in [1.165, 1.54) is 102 Å². The first-order valence-electron chi connectivity index (χ1n) is 19.8. The van der Waals surface area contributed by atoms with Crippen LogP contribution in [0.15, 0.2) is 200 Å². The molecule has 0 N–H and O–H groups in total. The second-order valence-electron chi connectivity index (χ2n) is 15.3. The predicted octanol–water partition coefficient (Wildman–Crippen LogP) is 15.0. The summed E-state index contributed by atoms with van der Waals surface area (Å²) in [5, 5.41) is 10.2. The standard InChI is InChI=1S/C54H33N3S/c1-6-16-47-39(11-1)40-12-2-7-17-48(40)55(47)36-23-25-37(26-24-36)56-49-18-8-3-13-41(49)44-31-34(21-28-51(44)56)35-22-29-52-45(32-35)42-14-4-9-19-50(42)57(52)38-27-30-54-46(33-38)43-15-5-10-20-53(43)58-54/h1-33H. The molecule has 9 aromatic carbocycles. The van der Waals surface area contributed by atoms with E-state index < -0.39 is 0 Å². The summed E-state index contributed by atoms with van der Waals surface area (Å²) >= 11 is 1.86. The van der Waals surface area contributed by atoms with Gasteiger partial charge in [0.25, 0.3) is 0 Å². The van der Waals surface area contributed by atoms with Crippen molar-refractivity contribution in [2.45, 2.75) is 0 Å². The molecule has 0 aliphatic rings. The van der Waals surface area contributed by atoms with E-state index >= 15 is 0 Å². The van der Waals surface area contributed by atoms with E-state index in [0.29, 0.717) is 0 Å². The van der Waals surface area contributed by atoms with Gasteiger partial charge in [-0.05, 0) is 108 Å². The fraction of sp³-hybridized carbons (Fsp3) is 0. The summed E-state index contributed by atoms with van der Waals surface area (Å²) in [6.07, 6.45) is 0. The van der Waals surface area contributed by atoms with Crippen molar-refractivity contribution >= 4 is 96.9 Å². The monoisotopic (exact) mass is 755 g/mol. The molecular formula is C54H33N3S. The van der Waals surface area contributed by atoms with Crippen LogP contribution in [0.5, 0.6) is 0 Å². The molecule has 4 heteroatoms. The fourth-order valence-corrected chi connectivity index (χ4v) is 10.8. The number of aromatic nitrogens is 3. The molecule has 0 radical (unpaired) electrons. The normalized spacial score (nSPS) is 12.1. The Kier molecular flexibility index (Phi) is 6.60. The summed E-state index contributed by atoms with van der Waals surface area (Å²) in [7, 11) is 0. The minimum atomic E-state index is 1.14. The van der Waals surface area contributed by atoms with Crippen LogP contribution in [0.4, 0.5) is 0 Å². The van der Waals surface area contributed by atoms with Crippen molar-refractivity contribution < 1.29 is 0 Å². The van der Waals surface area contributed by atoms with Gasteiger partial charge in [0.1, 0.15) is 0 Å². The molecule has 270 valence electrons. The lowest BCUT2D eigenvalue weighted by Crippen LogP contribution is -1.97. The molecule has 13 rings (SSSR count). The number of nitrogens with zero attached hydrogens (tertiary/aromatic N) is 3. The second kappa shape index (κ2) is 12.1. The van der Waals surface area contributed by atoms with Crippen LogP contribution in [0.1, 0.15) is 0 Å². The lowest BCUT2D eigenvalue weighted by atomic mass is 10.0. The zero-order chi connectivity index (χ0) is 37.9. The van der Waals surface area contributed by atoms with Crippen molar-refractivity contribution in [1.82, 2.24) is 13.7 Å². The highest BCUT2D eigenvalue weighted by Gasteiger charge is 2.18. The Hall–Kier alpha value is -7.40. The molecule has 3 nitrogen and oxygen atoms in total. The molecule has 58 heavy (non-hydrogen) atoms. The summed E-state index contributed by atoms with van der Waals surface area (Å²) in [4.78, 5) is 0. The summed E-state index contributed by atoms with van der Waals surface area (Å²) < 4.78 is 9.87. The van der Waals surface area contributed by atoms with Crippen molar-refractivity contribution in [2.75, 3.05) is 0 Å². The van der Waals surface area contributed by atoms with Gasteiger partial charge in [0.2, 0.25) is 0 Å². The number of hydrogen-bond acceptors (Lipinski definition) is 1. The molecule has 0 amide bonds. The maximum atomic E-state index is 2.43. The molecular weight excluding hydrogens is 723 g/mol. The number of para-hydroxylation sites is 4. The van der Waals surface area contributed by atoms with Gasteiger partial charge in [0.15, 0.2) is 0 Å². The topological polar surface area (TPSA) is 14.8 Å². The van der Waals surface area contributed by atoms with Crippen molar-refractivity contribution in [3.8, 4) is 28.2 Å². The molecule has 0 atom stereocenters. The molecule has 0 fully saturated rings. The highest BCUT2D eigenvalue weighted by molar-refractivity contribution is 7.25. The van der Waals surface area contributed by atoms with Crippen LogP contribution in [0, 0.1) is 0 Å². The number of benzene rings is 9. The molecule has 0 unspecified atom stereocenters. The Bertz CT molecular complexity index is 3740. The quantitative estimate of drug-likeness (QED) is 0.170. The van der Waals surface area contributed by atoms with Gasteiger partial charge in [-0.2, -0.15) is 0 Å². The summed E-state index contributed by atoms with van der Waals surface area (Å²) in [6, 6.07) is 73.7. The third-order valence-corrected chi connectivity index (χ3v) is 13.4. The fourth-order valence-electron chi connectivity index (χ4n) is 9.67. The summed E-state index contributed by atoms with van der Waals surface area (Å²) in [5.41, 5.74) is 13.2. The second-order valence-corrected chi connectivity index (χ2v) is 16.4. The Balaban J connectivity index is 0.937. The van der Waals surface area contributed by atoms with Crippen LogP contribution in [-0.4, -0.2) is 13.7 Å². The largest absolute Gasteiger partial charge is 0.309 e. The zero-order valence-corrected chi connectivity index (χ0v) is 32.1. The van der Waals surface area contributed by atoms with E-state index in [-0.39, 0.29) is 0 Å². The van der Waals surface area contributed by atoms with E-state index in [1.54, 1.807) is 0 Å².